The molecule has 0 aromatic heterocycles. The molecule has 0 aliphatic rings. The Morgan fingerprint density at radius 3 is 2.52 bits per heavy atom. The van der Waals surface area contributed by atoms with Crippen LogP contribution in [0.15, 0.2) is 47.4 Å². The number of fused-ring (bicyclic) bond motifs is 1. The average Bonchev–Trinajstić information content (AvgIpc) is 2.51. The normalized spacial score (nSPS) is 13.2. The Balaban J connectivity index is 2.53. The van der Waals surface area contributed by atoms with E-state index in [-0.39, 0.29) is 12.5 Å². The van der Waals surface area contributed by atoms with Crippen molar-refractivity contribution in [3.05, 3.63) is 42.5 Å². The molecule has 0 N–H and O–H groups in total. The van der Waals surface area contributed by atoms with Crippen LogP contribution in [-0.2, 0) is 10.0 Å². The lowest BCUT2D eigenvalue weighted by molar-refractivity contribution is 0.400. The first kappa shape index (κ1) is 15.5. The van der Waals surface area contributed by atoms with Crippen LogP contribution >= 0.6 is 0 Å². The maximum absolute atomic E-state index is 12.8. The number of nitriles is 1. The molecule has 0 amide bonds. The van der Waals surface area contributed by atoms with Crippen LogP contribution in [0.1, 0.15) is 13.8 Å². The fourth-order valence-corrected chi connectivity index (χ4v) is 4.06. The van der Waals surface area contributed by atoms with E-state index in [1.54, 1.807) is 26.0 Å². The average molecular weight is 302 g/mol. The summed E-state index contributed by atoms with van der Waals surface area (Å²) in [7, 11) is -3.60. The highest BCUT2D eigenvalue weighted by molar-refractivity contribution is 7.89. The number of rotatable bonds is 5. The smallest absolute Gasteiger partial charge is 0.207 e. The van der Waals surface area contributed by atoms with Gasteiger partial charge in [-0.2, -0.15) is 9.57 Å². The maximum Gasteiger partial charge on any atom is 0.243 e. The highest BCUT2D eigenvalue weighted by Gasteiger charge is 2.26. The highest BCUT2D eigenvalue weighted by Crippen LogP contribution is 2.26. The summed E-state index contributed by atoms with van der Waals surface area (Å²) in [5.41, 5.74) is 0. The Kier molecular flexibility index (Phi) is 4.61. The lowest BCUT2D eigenvalue weighted by atomic mass is 10.1. The molecule has 0 heterocycles. The molecule has 0 saturated heterocycles. The van der Waals surface area contributed by atoms with Gasteiger partial charge in [0.25, 0.3) is 0 Å². The van der Waals surface area contributed by atoms with Crippen molar-refractivity contribution >= 4 is 20.8 Å². The number of nitrogens with zero attached hydrogens (tertiary/aromatic N) is 2. The quantitative estimate of drug-likeness (QED) is 0.853. The molecular formula is C16H18N2O2S. The summed E-state index contributed by atoms with van der Waals surface area (Å²) < 4.78 is 27.1. The summed E-state index contributed by atoms with van der Waals surface area (Å²) in [5, 5.41) is 10.5. The standard InChI is InChI=1S/C16H18N2O2S/c1-3-18(12-13(2)11-17)21(19,20)16-10-6-8-14-7-4-5-9-15(14)16/h4-10,13H,3,12H2,1-2H3. The van der Waals surface area contributed by atoms with E-state index in [0.717, 1.165) is 5.39 Å². The summed E-state index contributed by atoms with van der Waals surface area (Å²) in [6, 6.07) is 14.8. The van der Waals surface area contributed by atoms with E-state index in [1.807, 2.05) is 30.3 Å². The van der Waals surface area contributed by atoms with Crippen LogP contribution in [0.25, 0.3) is 10.8 Å². The third kappa shape index (κ3) is 3.07. The third-order valence-corrected chi connectivity index (χ3v) is 5.42. The van der Waals surface area contributed by atoms with Gasteiger partial charge in [-0.05, 0) is 18.4 Å². The second-order valence-corrected chi connectivity index (χ2v) is 6.87. The molecule has 0 aliphatic heterocycles. The van der Waals surface area contributed by atoms with Gasteiger partial charge >= 0.3 is 0 Å². The van der Waals surface area contributed by atoms with Gasteiger partial charge in [0.05, 0.1) is 16.9 Å². The molecule has 1 atom stereocenters. The zero-order chi connectivity index (χ0) is 15.5. The van der Waals surface area contributed by atoms with Crippen molar-refractivity contribution in [3.63, 3.8) is 0 Å². The summed E-state index contributed by atoms with van der Waals surface area (Å²) in [6.07, 6.45) is 0. The van der Waals surface area contributed by atoms with Gasteiger partial charge in [0.15, 0.2) is 0 Å². The van der Waals surface area contributed by atoms with Crippen molar-refractivity contribution in [2.45, 2.75) is 18.7 Å². The van der Waals surface area contributed by atoms with E-state index < -0.39 is 10.0 Å². The lowest BCUT2D eigenvalue weighted by Gasteiger charge is -2.22. The predicted octanol–water partition coefficient (Wildman–Crippen LogP) is 3.01. The molecule has 0 saturated carbocycles. The Morgan fingerprint density at radius 1 is 1.19 bits per heavy atom. The summed E-state index contributed by atoms with van der Waals surface area (Å²) in [6.45, 7) is 4.06. The summed E-state index contributed by atoms with van der Waals surface area (Å²) in [4.78, 5) is 0.299. The largest absolute Gasteiger partial charge is 0.243 e. The third-order valence-electron chi connectivity index (χ3n) is 3.42. The minimum absolute atomic E-state index is 0.207. The van der Waals surface area contributed by atoms with Gasteiger partial charge in [-0.25, -0.2) is 8.42 Å². The Hall–Kier alpha value is -1.90. The fraction of sp³-hybridized carbons (Fsp3) is 0.312. The van der Waals surface area contributed by atoms with E-state index in [0.29, 0.717) is 16.8 Å². The fourth-order valence-electron chi connectivity index (χ4n) is 2.30. The molecule has 0 aliphatic carbocycles. The topological polar surface area (TPSA) is 61.2 Å². The van der Waals surface area contributed by atoms with Gasteiger partial charge in [-0.3, -0.25) is 0 Å². The van der Waals surface area contributed by atoms with Crippen molar-refractivity contribution in [1.82, 2.24) is 4.31 Å². The van der Waals surface area contributed by atoms with Crippen LogP contribution in [0.4, 0.5) is 0 Å². The molecule has 2 rings (SSSR count). The second kappa shape index (κ2) is 6.25. The molecule has 4 nitrogen and oxygen atoms in total. The van der Waals surface area contributed by atoms with E-state index in [1.165, 1.54) is 4.31 Å². The molecule has 110 valence electrons. The van der Waals surface area contributed by atoms with Crippen molar-refractivity contribution in [3.8, 4) is 6.07 Å². The van der Waals surface area contributed by atoms with Crippen molar-refractivity contribution in [1.29, 1.82) is 5.26 Å². The summed E-state index contributed by atoms with van der Waals surface area (Å²) in [5.74, 6) is -0.338. The SMILES string of the molecule is CCN(CC(C)C#N)S(=O)(=O)c1cccc2ccccc12. The van der Waals surface area contributed by atoms with Crippen LogP contribution in [0.3, 0.4) is 0 Å². The number of hydrogen-bond acceptors (Lipinski definition) is 3. The lowest BCUT2D eigenvalue weighted by Crippen LogP contribution is -2.34. The van der Waals surface area contributed by atoms with Gasteiger partial charge in [0.1, 0.15) is 0 Å². The number of benzene rings is 2. The minimum atomic E-state index is -3.60. The van der Waals surface area contributed by atoms with Crippen LogP contribution in [0.5, 0.6) is 0 Å². The van der Waals surface area contributed by atoms with Crippen LogP contribution in [0, 0.1) is 17.2 Å². The first-order valence-electron chi connectivity index (χ1n) is 6.88. The maximum atomic E-state index is 12.8. The van der Waals surface area contributed by atoms with Crippen molar-refractivity contribution in [2.75, 3.05) is 13.1 Å². The van der Waals surface area contributed by atoms with Gasteiger partial charge < -0.3 is 0 Å². The molecular weight excluding hydrogens is 284 g/mol. The van der Waals surface area contributed by atoms with E-state index in [9.17, 15) is 8.42 Å². The van der Waals surface area contributed by atoms with Gasteiger partial charge in [0.2, 0.25) is 10.0 Å². The first-order valence-corrected chi connectivity index (χ1v) is 8.32. The molecule has 21 heavy (non-hydrogen) atoms. The van der Waals surface area contributed by atoms with Gasteiger partial charge in [-0.1, -0.05) is 43.3 Å². The Morgan fingerprint density at radius 2 is 1.86 bits per heavy atom. The monoisotopic (exact) mass is 302 g/mol. The molecule has 2 aromatic rings. The zero-order valence-electron chi connectivity index (χ0n) is 12.2. The van der Waals surface area contributed by atoms with E-state index in [2.05, 4.69) is 6.07 Å². The minimum Gasteiger partial charge on any atom is -0.207 e. The zero-order valence-corrected chi connectivity index (χ0v) is 13.0. The number of sulfonamides is 1. The predicted molar refractivity (Wildman–Crippen MR) is 83.2 cm³/mol. The molecule has 0 radical (unpaired) electrons. The van der Waals surface area contributed by atoms with E-state index in [4.69, 9.17) is 5.26 Å². The molecule has 1 unspecified atom stereocenters. The second-order valence-electron chi connectivity index (χ2n) is 4.96. The van der Waals surface area contributed by atoms with Gasteiger partial charge in [-0.15, -0.1) is 0 Å². The summed E-state index contributed by atoms with van der Waals surface area (Å²) >= 11 is 0. The molecule has 5 heteroatoms. The molecule has 0 fully saturated rings. The first-order chi connectivity index (χ1) is 10.0. The van der Waals surface area contributed by atoms with Crippen molar-refractivity contribution < 1.29 is 8.42 Å². The van der Waals surface area contributed by atoms with Crippen LogP contribution < -0.4 is 0 Å². The Labute approximate surface area is 125 Å². The molecule has 0 bridgehead atoms. The number of hydrogen-bond donors (Lipinski definition) is 0. The van der Waals surface area contributed by atoms with Gasteiger partial charge in [0, 0.05) is 18.5 Å². The van der Waals surface area contributed by atoms with E-state index >= 15 is 0 Å². The Bertz CT molecular complexity index is 773. The molecule has 2 aromatic carbocycles. The molecule has 0 spiro atoms. The van der Waals surface area contributed by atoms with Crippen LogP contribution in [0.2, 0.25) is 0 Å². The highest BCUT2D eigenvalue weighted by atomic mass is 32.2. The van der Waals surface area contributed by atoms with Crippen molar-refractivity contribution in [2.24, 2.45) is 5.92 Å². The van der Waals surface area contributed by atoms with Crippen LogP contribution in [-0.4, -0.2) is 25.8 Å².